The molecule has 3 heterocycles. The number of pyridine rings is 2. The van der Waals surface area contributed by atoms with Crippen molar-refractivity contribution in [2.45, 2.75) is 37.8 Å². The summed E-state index contributed by atoms with van der Waals surface area (Å²) in [6.07, 6.45) is 12.4. The third-order valence-electron chi connectivity index (χ3n) is 4.48. The Labute approximate surface area is 143 Å². The molecule has 4 rings (SSSR count). The Morgan fingerprint density at radius 2 is 2.09 bits per heavy atom. The Balaban J connectivity index is 1.66. The smallest absolute Gasteiger partial charge is 0.112 e. The fourth-order valence-corrected chi connectivity index (χ4v) is 3.71. The molecule has 0 spiro atoms. The van der Waals surface area contributed by atoms with Crippen LogP contribution in [0.4, 0.5) is 5.69 Å². The summed E-state index contributed by atoms with van der Waals surface area (Å²) >= 11 is 3.46. The second-order valence-electron chi connectivity index (χ2n) is 5.97. The predicted molar refractivity (Wildman–Crippen MR) is 94.4 cm³/mol. The van der Waals surface area contributed by atoms with Crippen molar-refractivity contribution in [1.29, 1.82) is 0 Å². The zero-order chi connectivity index (χ0) is 15.6. The van der Waals surface area contributed by atoms with Crippen molar-refractivity contribution >= 4 is 32.7 Å². The Hall–Kier alpha value is -1.95. The first-order valence-electron chi connectivity index (χ1n) is 7.97. The quantitative estimate of drug-likeness (QED) is 0.749. The molecule has 0 aliphatic heterocycles. The lowest BCUT2D eigenvalue weighted by Gasteiger charge is -2.33. The van der Waals surface area contributed by atoms with Gasteiger partial charge in [-0.15, -0.1) is 0 Å². The van der Waals surface area contributed by atoms with Gasteiger partial charge in [-0.05, 0) is 47.0 Å². The molecule has 1 aliphatic rings. The average molecular weight is 372 g/mol. The number of anilines is 1. The number of fused-ring (bicyclic) bond motifs is 1. The summed E-state index contributed by atoms with van der Waals surface area (Å²) in [7, 11) is 0. The van der Waals surface area contributed by atoms with Crippen LogP contribution in [0.5, 0.6) is 0 Å². The molecular weight excluding hydrogens is 354 g/mol. The average Bonchev–Trinajstić information content (AvgIpc) is 3.09. The van der Waals surface area contributed by atoms with Crippen molar-refractivity contribution in [3.05, 3.63) is 47.5 Å². The fraction of sp³-hybridized carbons (Fsp3) is 0.353. The predicted octanol–water partition coefficient (Wildman–Crippen LogP) is 4.18. The van der Waals surface area contributed by atoms with E-state index in [0.29, 0.717) is 12.1 Å². The number of hydrogen-bond donors (Lipinski definition) is 1. The van der Waals surface area contributed by atoms with Crippen molar-refractivity contribution in [3.8, 4) is 0 Å². The van der Waals surface area contributed by atoms with Gasteiger partial charge < -0.3 is 5.32 Å². The van der Waals surface area contributed by atoms with Gasteiger partial charge >= 0.3 is 0 Å². The zero-order valence-corrected chi connectivity index (χ0v) is 14.3. The summed E-state index contributed by atoms with van der Waals surface area (Å²) in [5, 5.41) is 8.15. The van der Waals surface area contributed by atoms with Crippen LogP contribution in [-0.2, 0) is 0 Å². The van der Waals surface area contributed by atoms with Crippen molar-refractivity contribution < 1.29 is 0 Å². The third kappa shape index (κ3) is 2.95. The Bertz CT molecular complexity index is 802. The van der Waals surface area contributed by atoms with Gasteiger partial charge in [-0.25, -0.2) is 0 Å². The van der Waals surface area contributed by atoms with E-state index in [-0.39, 0.29) is 0 Å². The highest BCUT2D eigenvalue weighted by atomic mass is 79.9. The molecular formula is C17H18BrN5. The summed E-state index contributed by atoms with van der Waals surface area (Å²) in [5.41, 5.74) is 2.86. The van der Waals surface area contributed by atoms with Crippen LogP contribution in [0.25, 0.3) is 11.0 Å². The standard InChI is InChI=1S/C17H18BrN5/c18-12-10-15-17(20-11-12)14(6-8-19-15)22-13-4-1-2-5-16(13)23-9-3-7-21-23/h3,6-11,13,16H,1-2,4-5H2,(H,19,22). The minimum atomic E-state index is 0.361. The highest BCUT2D eigenvalue weighted by Gasteiger charge is 2.27. The first kappa shape index (κ1) is 14.6. The van der Waals surface area contributed by atoms with Gasteiger partial charge in [-0.1, -0.05) is 12.8 Å². The molecule has 5 nitrogen and oxygen atoms in total. The SMILES string of the molecule is Brc1cnc2c(NC3CCCCC3n3cccn3)ccnc2c1. The largest absolute Gasteiger partial charge is 0.378 e. The Morgan fingerprint density at radius 1 is 1.17 bits per heavy atom. The molecule has 0 radical (unpaired) electrons. The van der Waals surface area contributed by atoms with Crippen LogP contribution < -0.4 is 5.32 Å². The second kappa shape index (κ2) is 6.28. The molecule has 2 unspecified atom stereocenters. The van der Waals surface area contributed by atoms with Gasteiger partial charge in [0.1, 0.15) is 5.52 Å². The van der Waals surface area contributed by atoms with Crippen LogP contribution in [0.1, 0.15) is 31.7 Å². The third-order valence-corrected chi connectivity index (χ3v) is 4.91. The van der Waals surface area contributed by atoms with Crippen LogP contribution in [-0.4, -0.2) is 25.8 Å². The molecule has 0 saturated heterocycles. The maximum atomic E-state index is 4.54. The molecule has 1 aliphatic carbocycles. The van der Waals surface area contributed by atoms with E-state index >= 15 is 0 Å². The van der Waals surface area contributed by atoms with E-state index in [9.17, 15) is 0 Å². The van der Waals surface area contributed by atoms with E-state index < -0.39 is 0 Å². The molecule has 6 heteroatoms. The summed E-state index contributed by atoms with van der Waals surface area (Å²) < 4.78 is 3.03. The van der Waals surface area contributed by atoms with Crippen molar-refractivity contribution in [2.75, 3.05) is 5.32 Å². The first-order valence-corrected chi connectivity index (χ1v) is 8.76. The molecule has 3 aromatic heterocycles. The van der Waals surface area contributed by atoms with E-state index in [1.807, 2.05) is 36.8 Å². The van der Waals surface area contributed by atoms with Gasteiger partial charge in [0.25, 0.3) is 0 Å². The lowest BCUT2D eigenvalue weighted by atomic mass is 9.90. The van der Waals surface area contributed by atoms with Crippen LogP contribution >= 0.6 is 15.9 Å². The Morgan fingerprint density at radius 3 is 2.96 bits per heavy atom. The van der Waals surface area contributed by atoms with Gasteiger partial charge in [-0.3, -0.25) is 14.6 Å². The maximum Gasteiger partial charge on any atom is 0.112 e. The Kier molecular flexibility index (Phi) is 3.99. The zero-order valence-electron chi connectivity index (χ0n) is 12.7. The van der Waals surface area contributed by atoms with Gasteiger partial charge in [0, 0.05) is 35.3 Å². The highest BCUT2D eigenvalue weighted by Crippen LogP contribution is 2.32. The summed E-state index contributed by atoms with van der Waals surface area (Å²) in [6, 6.07) is 6.75. The van der Waals surface area contributed by atoms with E-state index in [2.05, 4.69) is 47.2 Å². The van der Waals surface area contributed by atoms with Crippen LogP contribution in [0.3, 0.4) is 0 Å². The lowest BCUT2D eigenvalue weighted by Crippen LogP contribution is -2.34. The molecule has 0 aromatic carbocycles. The summed E-state index contributed by atoms with van der Waals surface area (Å²) in [5.74, 6) is 0. The van der Waals surface area contributed by atoms with Crippen molar-refractivity contribution in [1.82, 2.24) is 19.7 Å². The highest BCUT2D eigenvalue weighted by molar-refractivity contribution is 9.10. The van der Waals surface area contributed by atoms with E-state index in [0.717, 1.165) is 34.0 Å². The number of rotatable bonds is 3. The fourth-order valence-electron chi connectivity index (χ4n) is 3.39. The number of nitrogens with zero attached hydrogens (tertiary/aromatic N) is 4. The molecule has 118 valence electrons. The molecule has 1 N–H and O–H groups in total. The second-order valence-corrected chi connectivity index (χ2v) is 6.88. The molecule has 2 atom stereocenters. The molecule has 1 fully saturated rings. The van der Waals surface area contributed by atoms with Crippen LogP contribution in [0.15, 0.2) is 47.5 Å². The topological polar surface area (TPSA) is 55.6 Å². The van der Waals surface area contributed by atoms with Gasteiger partial charge in [0.15, 0.2) is 0 Å². The summed E-state index contributed by atoms with van der Waals surface area (Å²) in [4.78, 5) is 8.95. The first-order chi connectivity index (χ1) is 11.3. The minimum Gasteiger partial charge on any atom is -0.378 e. The molecule has 23 heavy (non-hydrogen) atoms. The maximum absolute atomic E-state index is 4.54. The van der Waals surface area contributed by atoms with Crippen molar-refractivity contribution in [2.24, 2.45) is 0 Å². The number of hydrogen-bond acceptors (Lipinski definition) is 4. The minimum absolute atomic E-state index is 0.361. The molecule has 0 amide bonds. The molecule has 1 saturated carbocycles. The van der Waals surface area contributed by atoms with E-state index in [1.165, 1.54) is 12.8 Å². The van der Waals surface area contributed by atoms with Gasteiger partial charge in [-0.2, -0.15) is 5.10 Å². The van der Waals surface area contributed by atoms with Gasteiger partial charge in [0.05, 0.1) is 17.2 Å². The monoisotopic (exact) mass is 371 g/mol. The number of halogens is 1. The molecule has 0 bridgehead atoms. The number of aromatic nitrogens is 4. The summed E-state index contributed by atoms with van der Waals surface area (Å²) in [6.45, 7) is 0. The van der Waals surface area contributed by atoms with Crippen molar-refractivity contribution in [3.63, 3.8) is 0 Å². The van der Waals surface area contributed by atoms with E-state index in [4.69, 9.17) is 0 Å². The molecule has 3 aromatic rings. The van der Waals surface area contributed by atoms with Crippen LogP contribution in [0.2, 0.25) is 0 Å². The van der Waals surface area contributed by atoms with E-state index in [1.54, 1.807) is 0 Å². The number of nitrogens with one attached hydrogen (secondary N) is 1. The van der Waals surface area contributed by atoms with Gasteiger partial charge in [0.2, 0.25) is 0 Å². The normalized spacial score (nSPS) is 21.4. The lowest BCUT2D eigenvalue weighted by molar-refractivity contribution is 0.301. The van der Waals surface area contributed by atoms with Crippen LogP contribution in [0, 0.1) is 0 Å².